The number of rotatable bonds is 7. The number of ether oxygens (including phenoxy) is 1. The number of nitrogens with one attached hydrogen (secondary N) is 2. The molecule has 0 radical (unpaired) electrons. The zero-order valence-electron chi connectivity index (χ0n) is 14.7. The summed E-state index contributed by atoms with van der Waals surface area (Å²) in [7, 11) is 1.65. The highest BCUT2D eigenvalue weighted by atomic mass is 16.5. The molecule has 134 valence electrons. The van der Waals surface area contributed by atoms with E-state index in [0.29, 0.717) is 19.0 Å². The number of hydrogen-bond acceptors (Lipinski definition) is 4. The van der Waals surface area contributed by atoms with E-state index in [2.05, 4.69) is 20.2 Å². The molecule has 2 N–H and O–H groups in total. The van der Waals surface area contributed by atoms with Gasteiger partial charge in [-0.05, 0) is 56.0 Å². The largest absolute Gasteiger partial charge is 0.497 e. The molecule has 1 fully saturated rings. The van der Waals surface area contributed by atoms with E-state index in [9.17, 15) is 4.79 Å². The number of benzene rings is 1. The second kappa shape index (κ2) is 8.67. The fourth-order valence-corrected chi connectivity index (χ4v) is 3.26. The zero-order valence-corrected chi connectivity index (χ0v) is 14.7. The van der Waals surface area contributed by atoms with Crippen molar-refractivity contribution in [1.82, 2.24) is 20.2 Å². The molecule has 2 heterocycles. The van der Waals surface area contributed by atoms with Gasteiger partial charge >= 0.3 is 0 Å². The van der Waals surface area contributed by atoms with Crippen molar-refractivity contribution in [2.24, 2.45) is 5.92 Å². The van der Waals surface area contributed by atoms with Crippen molar-refractivity contribution in [2.75, 3.05) is 26.7 Å². The summed E-state index contributed by atoms with van der Waals surface area (Å²) < 4.78 is 5.14. The summed E-state index contributed by atoms with van der Waals surface area (Å²) in [6.45, 7) is 3.00. The highest BCUT2D eigenvalue weighted by molar-refractivity contribution is 5.78. The minimum absolute atomic E-state index is 0.0860. The number of H-pyrrole nitrogens is 1. The number of carbonyl (C=O) groups is 1. The van der Waals surface area contributed by atoms with Gasteiger partial charge in [-0.15, -0.1) is 0 Å². The molecule has 6 heteroatoms. The van der Waals surface area contributed by atoms with E-state index in [0.717, 1.165) is 43.7 Å². The summed E-state index contributed by atoms with van der Waals surface area (Å²) >= 11 is 0. The topological polar surface area (TPSA) is 70.2 Å². The minimum Gasteiger partial charge on any atom is -0.497 e. The van der Waals surface area contributed by atoms with Crippen molar-refractivity contribution in [3.05, 3.63) is 48.0 Å². The Balaban J connectivity index is 1.35. The second-order valence-corrected chi connectivity index (χ2v) is 6.63. The molecule has 1 aliphatic heterocycles. The van der Waals surface area contributed by atoms with Crippen molar-refractivity contribution in [1.29, 1.82) is 0 Å². The fraction of sp³-hybridized carbons (Fsp3) is 0.474. The van der Waals surface area contributed by atoms with E-state index in [1.807, 2.05) is 30.5 Å². The Morgan fingerprint density at radius 3 is 2.72 bits per heavy atom. The summed E-state index contributed by atoms with van der Waals surface area (Å²) in [5.74, 6) is 1.59. The molecule has 0 unspecified atom stereocenters. The highest BCUT2D eigenvalue weighted by Crippen LogP contribution is 2.20. The molecule has 2 aromatic rings. The van der Waals surface area contributed by atoms with E-state index < -0.39 is 0 Å². The number of piperidine rings is 1. The van der Waals surface area contributed by atoms with Gasteiger partial charge in [0.1, 0.15) is 5.75 Å². The average molecular weight is 342 g/mol. The van der Waals surface area contributed by atoms with Crippen LogP contribution in [-0.2, 0) is 17.8 Å². The molecular weight excluding hydrogens is 316 g/mol. The van der Waals surface area contributed by atoms with Crippen LogP contribution >= 0.6 is 0 Å². The van der Waals surface area contributed by atoms with Gasteiger partial charge in [-0.2, -0.15) is 0 Å². The zero-order chi connectivity index (χ0) is 17.5. The lowest BCUT2D eigenvalue weighted by atomic mass is 9.92. The van der Waals surface area contributed by atoms with Gasteiger partial charge in [0.2, 0.25) is 5.91 Å². The first-order valence-electron chi connectivity index (χ1n) is 8.82. The first-order chi connectivity index (χ1) is 12.2. The van der Waals surface area contributed by atoms with Crippen molar-refractivity contribution in [2.45, 2.75) is 25.8 Å². The molecule has 25 heavy (non-hydrogen) atoms. The van der Waals surface area contributed by atoms with Gasteiger partial charge < -0.3 is 15.0 Å². The van der Waals surface area contributed by atoms with E-state index in [4.69, 9.17) is 4.74 Å². The first kappa shape index (κ1) is 17.5. The molecule has 1 saturated heterocycles. The molecule has 1 aliphatic rings. The molecule has 0 bridgehead atoms. The number of imidazole rings is 1. The third kappa shape index (κ3) is 5.32. The minimum atomic E-state index is 0.0860. The van der Waals surface area contributed by atoms with Gasteiger partial charge in [0.15, 0.2) is 0 Å². The van der Waals surface area contributed by atoms with Gasteiger partial charge in [0, 0.05) is 18.4 Å². The van der Waals surface area contributed by atoms with Crippen molar-refractivity contribution < 1.29 is 9.53 Å². The third-order valence-electron chi connectivity index (χ3n) is 4.79. The quantitative estimate of drug-likeness (QED) is 0.807. The number of aromatic nitrogens is 2. The van der Waals surface area contributed by atoms with E-state index in [1.165, 1.54) is 5.69 Å². The number of amides is 1. The Hall–Kier alpha value is -2.34. The van der Waals surface area contributed by atoms with E-state index in [-0.39, 0.29) is 5.91 Å². The molecule has 1 aromatic carbocycles. The molecule has 1 aromatic heterocycles. The number of carbonyl (C=O) groups excluding carboxylic acids is 1. The molecule has 3 rings (SSSR count). The van der Waals surface area contributed by atoms with Crippen LogP contribution in [0.25, 0.3) is 0 Å². The van der Waals surface area contributed by atoms with Crippen LogP contribution in [0.1, 0.15) is 24.1 Å². The van der Waals surface area contributed by atoms with Gasteiger partial charge in [-0.25, -0.2) is 4.98 Å². The number of likely N-dealkylation sites (tertiary alicyclic amines) is 1. The van der Waals surface area contributed by atoms with Crippen molar-refractivity contribution >= 4 is 5.91 Å². The standard InChI is InChI=1S/C19H26N4O2/c1-25-18-4-2-16(3-5-18)11-21-19(24)13-23-8-6-15(7-9-23)10-17-12-20-14-22-17/h2-5,12,14-15H,6-11,13H2,1H3,(H,20,22)(H,21,24). The number of methoxy groups -OCH3 is 1. The maximum atomic E-state index is 12.2. The summed E-state index contributed by atoms with van der Waals surface area (Å²) in [5.41, 5.74) is 2.28. The molecule has 0 saturated carbocycles. The Bertz CT molecular complexity index is 647. The summed E-state index contributed by atoms with van der Waals surface area (Å²) in [6, 6.07) is 7.76. The number of hydrogen-bond donors (Lipinski definition) is 2. The summed E-state index contributed by atoms with van der Waals surface area (Å²) in [5, 5.41) is 3.00. The average Bonchev–Trinajstić information content (AvgIpc) is 3.15. The van der Waals surface area contributed by atoms with Crippen molar-refractivity contribution in [3.63, 3.8) is 0 Å². The van der Waals surface area contributed by atoms with Crippen LogP contribution in [0, 0.1) is 5.92 Å². The van der Waals surface area contributed by atoms with Gasteiger partial charge in [-0.3, -0.25) is 9.69 Å². The molecule has 6 nitrogen and oxygen atoms in total. The van der Waals surface area contributed by atoms with Crippen LogP contribution in [0.3, 0.4) is 0 Å². The summed E-state index contributed by atoms with van der Waals surface area (Å²) in [4.78, 5) is 21.6. The molecular formula is C19H26N4O2. The maximum Gasteiger partial charge on any atom is 0.234 e. The first-order valence-corrected chi connectivity index (χ1v) is 8.82. The Labute approximate surface area is 148 Å². The Morgan fingerprint density at radius 1 is 1.32 bits per heavy atom. The van der Waals surface area contributed by atoms with Crippen LogP contribution in [0.4, 0.5) is 0 Å². The van der Waals surface area contributed by atoms with E-state index >= 15 is 0 Å². The van der Waals surface area contributed by atoms with E-state index in [1.54, 1.807) is 13.4 Å². The highest BCUT2D eigenvalue weighted by Gasteiger charge is 2.21. The Kier molecular flexibility index (Phi) is 6.06. The van der Waals surface area contributed by atoms with Crippen molar-refractivity contribution in [3.8, 4) is 5.75 Å². The lowest BCUT2D eigenvalue weighted by Gasteiger charge is -2.31. The number of aromatic amines is 1. The van der Waals surface area contributed by atoms with Crippen LogP contribution < -0.4 is 10.1 Å². The Morgan fingerprint density at radius 2 is 2.08 bits per heavy atom. The van der Waals surface area contributed by atoms with Gasteiger partial charge in [-0.1, -0.05) is 12.1 Å². The van der Waals surface area contributed by atoms with Crippen LogP contribution in [0.15, 0.2) is 36.8 Å². The molecule has 1 amide bonds. The lowest BCUT2D eigenvalue weighted by molar-refractivity contribution is -0.122. The van der Waals surface area contributed by atoms with Crippen LogP contribution in [0.5, 0.6) is 5.75 Å². The lowest BCUT2D eigenvalue weighted by Crippen LogP contribution is -2.41. The smallest absolute Gasteiger partial charge is 0.234 e. The number of nitrogens with zero attached hydrogens (tertiary/aromatic N) is 2. The normalized spacial score (nSPS) is 15.9. The second-order valence-electron chi connectivity index (χ2n) is 6.63. The monoisotopic (exact) mass is 342 g/mol. The SMILES string of the molecule is COc1ccc(CNC(=O)CN2CCC(Cc3cnc[nH]3)CC2)cc1. The predicted molar refractivity (Wildman–Crippen MR) is 96.3 cm³/mol. The molecule has 0 aliphatic carbocycles. The third-order valence-corrected chi connectivity index (χ3v) is 4.79. The maximum absolute atomic E-state index is 12.2. The van der Waals surface area contributed by atoms with Crippen LogP contribution in [0.2, 0.25) is 0 Å². The van der Waals surface area contributed by atoms with Gasteiger partial charge in [0.25, 0.3) is 0 Å². The fourth-order valence-electron chi connectivity index (χ4n) is 3.26. The summed E-state index contributed by atoms with van der Waals surface area (Å²) in [6.07, 6.45) is 6.95. The molecule has 0 spiro atoms. The van der Waals surface area contributed by atoms with Gasteiger partial charge in [0.05, 0.1) is 20.0 Å². The molecule has 0 atom stereocenters. The van der Waals surface area contributed by atoms with Crippen LogP contribution in [-0.4, -0.2) is 47.5 Å². The predicted octanol–water partition coefficient (Wildman–Crippen LogP) is 1.99.